The molecule has 0 spiro atoms. The number of nitrogens with one attached hydrogen (secondary N) is 1. The van der Waals surface area contributed by atoms with E-state index in [0.717, 1.165) is 17.4 Å². The summed E-state index contributed by atoms with van der Waals surface area (Å²) in [7, 11) is 0. The Morgan fingerprint density at radius 1 is 1.15 bits per heavy atom. The van der Waals surface area contributed by atoms with Gasteiger partial charge in [-0.2, -0.15) is 5.26 Å². The van der Waals surface area contributed by atoms with E-state index >= 15 is 0 Å². The zero-order chi connectivity index (χ0) is 14.5. The van der Waals surface area contributed by atoms with Gasteiger partial charge in [-0.3, -0.25) is 0 Å². The van der Waals surface area contributed by atoms with Crippen molar-refractivity contribution in [1.29, 1.82) is 5.26 Å². The molecule has 0 saturated heterocycles. The molecule has 3 unspecified atom stereocenters. The van der Waals surface area contributed by atoms with E-state index in [1.807, 2.05) is 12.1 Å². The van der Waals surface area contributed by atoms with Gasteiger partial charge < -0.3 is 5.32 Å². The molecule has 2 nitrogen and oxygen atoms in total. The molecule has 0 aromatic heterocycles. The lowest BCUT2D eigenvalue weighted by Gasteiger charge is -2.34. The second-order valence-electron chi connectivity index (χ2n) is 6.49. The molecule has 0 amide bonds. The Morgan fingerprint density at radius 3 is 2.45 bits per heavy atom. The predicted octanol–water partition coefficient (Wildman–Crippen LogP) is 4.42. The molecule has 20 heavy (non-hydrogen) atoms. The molecule has 0 heterocycles. The summed E-state index contributed by atoms with van der Waals surface area (Å²) in [6.45, 7) is 6.91. The maximum Gasteiger partial charge on any atom is 0.0991 e. The molecule has 1 saturated carbocycles. The minimum absolute atomic E-state index is 0.360. The van der Waals surface area contributed by atoms with Gasteiger partial charge in [0, 0.05) is 12.1 Å². The summed E-state index contributed by atoms with van der Waals surface area (Å²) >= 11 is 0. The van der Waals surface area contributed by atoms with Gasteiger partial charge in [-0.25, -0.2) is 0 Å². The number of benzene rings is 1. The molecule has 0 aliphatic heterocycles. The van der Waals surface area contributed by atoms with Crippen LogP contribution in [-0.4, -0.2) is 6.04 Å². The molecule has 1 N–H and O–H groups in total. The first-order chi connectivity index (χ1) is 9.60. The third-order valence-electron chi connectivity index (χ3n) is 4.68. The predicted molar refractivity (Wildman–Crippen MR) is 83.3 cm³/mol. The number of hydrogen-bond acceptors (Lipinski definition) is 2. The molecule has 0 radical (unpaired) electrons. The molecule has 1 aromatic carbocycles. The molecule has 1 fully saturated rings. The van der Waals surface area contributed by atoms with Crippen LogP contribution >= 0.6 is 0 Å². The first kappa shape index (κ1) is 15.1. The summed E-state index contributed by atoms with van der Waals surface area (Å²) in [6.07, 6.45) is 5.34. The molecule has 108 valence electrons. The van der Waals surface area contributed by atoms with E-state index in [1.54, 1.807) is 0 Å². The van der Waals surface area contributed by atoms with E-state index in [2.05, 4.69) is 44.3 Å². The Morgan fingerprint density at radius 2 is 1.85 bits per heavy atom. The highest BCUT2D eigenvalue weighted by molar-refractivity contribution is 5.32. The van der Waals surface area contributed by atoms with Crippen LogP contribution < -0.4 is 5.32 Å². The smallest absolute Gasteiger partial charge is 0.0991 e. The minimum Gasteiger partial charge on any atom is -0.307 e. The monoisotopic (exact) mass is 270 g/mol. The first-order valence-electron chi connectivity index (χ1n) is 7.86. The van der Waals surface area contributed by atoms with E-state index in [9.17, 15) is 0 Å². The van der Waals surface area contributed by atoms with Gasteiger partial charge in [-0.1, -0.05) is 38.8 Å². The van der Waals surface area contributed by atoms with E-state index in [0.29, 0.717) is 12.1 Å². The lowest BCUT2D eigenvalue weighted by Crippen LogP contribution is -2.37. The molecule has 1 aliphatic rings. The minimum atomic E-state index is 0.360. The molecular formula is C18H26N2. The average Bonchev–Trinajstić information content (AvgIpc) is 2.47. The number of hydrogen-bond donors (Lipinski definition) is 1. The normalized spacial score (nSPS) is 24.4. The van der Waals surface area contributed by atoms with Crippen LogP contribution in [0, 0.1) is 23.2 Å². The SMILES string of the molecule is CC(NC1CCCC(C(C)C)C1)c1ccc(C#N)cc1. The summed E-state index contributed by atoms with van der Waals surface area (Å²) in [5, 5.41) is 12.6. The van der Waals surface area contributed by atoms with Gasteiger partial charge in [0.1, 0.15) is 0 Å². The van der Waals surface area contributed by atoms with Crippen LogP contribution in [0.15, 0.2) is 24.3 Å². The Bertz CT molecular complexity index is 455. The summed E-state index contributed by atoms with van der Waals surface area (Å²) < 4.78 is 0. The summed E-state index contributed by atoms with van der Waals surface area (Å²) in [4.78, 5) is 0. The van der Waals surface area contributed by atoms with E-state index in [4.69, 9.17) is 5.26 Å². The molecule has 0 bridgehead atoms. The van der Waals surface area contributed by atoms with E-state index in [-0.39, 0.29) is 0 Å². The highest BCUT2D eigenvalue weighted by Crippen LogP contribution is 2.31. The van der Waals surface area contributed by atoms with Crippen molar-refractivity contribution in [3.8, 4) is 6.07 Å². The van der Waals surface area contributed by atoms with Crippen molar-refractivity contribution in [2.75, 3.05) is 0 Å². The van der Waals surface area contributed by atoms with Gasteiger partial charge in [-0.15, -0.1) is 0 Å². The molecular weight excluding hydrogens is 244 g/mol. The molecule has 3 atom stereocenters. The largest absolute Gasteiger partial charge is 0.307 e. The van der Waals surface area contributed by atoms with Crippen LogP contribution in [0.1, 0.15) is 63.6 Å². The van der Waals surface area contributed by atoms with Crippen molar-refractivity contribution >= 4 is 0 Å². The van der Waals surface area contributed by atoms with E-state index < -0.39 is 0 Å². The quantitative estimate of drug-likeness (QED) is 0.879. The van der Waals surface area contributed by atoms with Crippen LogP contribution in [0.5, 0.6) is 0 Å². The number of rotatable bonds is 4. The van der Waals surface area contributed by atoms with Crippen molar-refractivity contribution in [3.05, 3.63) is 35.4 Å². The summed E-state index contributed by atoms with van der Waals surface area (Å²) in [5.74, 6) is 1.67. The lowest BCUT2D eigenvalue weighted by atomic mass is 9.79. The second-order valence-corrected chi connectivity index (χ2v) is 6.49. The third-order valence-corrected chi connectivity index (χ3v) is 4.68. The van der Waals surface area contributed by atoms with Gasteiger partial charge >= 0.3 is 0 Å². The van der Waals surface area contributed by atoms with Gasteiger partial charge in [0.25, 0.3) is 0 Å². The standard InChI is InChI=1S/C18H26N2/c1-13(2)17-5-4-6-18(11-17)20-14(3)16-9-7-15(12-19)8-10-16/h7-10,13-14,17-18,20H,4-6,11H2,1-3H3. The first-order valence-corrected chi connectivity index (χ1v) is 7.86. The van der Waals surface area contributed by atoms with Crippen molar-refractivity contribution in [1.82, 2.24) is 5.32 Å². The molecule has 2 rings (SSSR count). The van der Waals surface area contributed by atoms with E-state index in [1.165, 1.54) is 31.2 Å². The second kappa shape index (κ2) is 6.90. The van der Waals surface area contributed by atoms with Gasteiger partial charge in [0.2, 0.25) is 0 Å². The van der Waals surface area contributed by atoms with Gasteiger partial charge in [0.05, 0.1) is 11.6 Å². The zero-order valence-corrected chi connectivity index (χ0v) is 12.9. The fraction of sp³-hybridized carbons (Fsp3) is 0.611. The topological polar surface area (TPSA) is 35.8 Å². The maximum absolute atomic E-state index is 8.84. The number of nitrogens with zero attached hydrogens (tertiary/aromatic N) is 1. The Hall–Kier alpha value is -1.33. The summed E-state index contributed by atoms with van der Waals surface area (Å²) in [6, 6.07) is 11.1. The maximum atomic E-state index is 8.84. The van der Waals surface area contributed by atoms with Crippen molar-refractivity contribution < 1.29 is 0 Å². The third kappa shape index (κ3) is 3.84. The fourth-order valence-electron chi connectivity index (χ4n) is 3.28. The van der Waals surface area contributed by atoms with Crippen LogP contribution in [0.2, 0.25) is 0 Å². The van der Waals surface area contributed by atoms with Gasteiger partial charge in [0.15, 0.2) is 0 Å². The molecule has 2 heteroatoms. The van der Waals surface area contributed by atoms with Gasteiger partial charge in [-0.05, 0) is 49.3 Å². The Kier molecular flexibility index (Phi) is 5.20. The fourth-order valence-corrected chi connectivity index (χ4v) is 3.28. The number of nitriles is 1. The lowest BCUT2D eigenvalue weighted by molar-refractivity contribution is 0.223. The van der Waals surface area contributed by atoms with Crippen LogP contribution in [0.25, 0.3) is 0 Å². The Labute approximate surface area is 123 Å². The van der Waals surface area contributed by atoms with Crippen molar-refractivity contribution in [2.45, 2.75) is 58.5 Å². The van der Waals surface area contributed by atoms with Crippen LogP contribution in [-0.2, 0) is 0 Å². The summed E-state index contributed by atoms with van der Waals surface area (Å²) in [5.41, 5.74) is 2.01. The zero-order valence-electron chi connectivity index (χ0n) is 12.9. The van der Waals surface area contributed by atoms with Crippen molar-refractivity contribution in [3.63, 3.8) is 0 Å². The highest BCUT2D eigenvalue weighted by Gasteiger charge is 2.25. The Balaban J connectivity index is 1.93. The average molecular weight is 270 g/mol. The van der Waals surface area contributed by atoms with Crippen LogP contribution in [0.4, 0.5) is 0 Å². The van der Waals surface area contributed by atoms with Crippen molar-refractivity contribution in [2.24, 2.45) is 11.8 Å². The molecule has 1 aromatic rings. The van der Waals surface area contributed by atoms with Crippen LogP contribution in [0.3, 0.4) is 0 Å². The highest BCUT2D eigenvalue weighted by atomic mass is 14.9. The molecule has 1 aliphatic carbocycles.